The van der Waals surface area contributed by atoms with Gasteiger partial charge in [-0.05, 0) is 37.1 Å². The minimum atomic E-state index is -0.762. The van der Waals surface area contributed by atoms with E-state index in [1.165, 1.54) is 4.88 Å². The molecule has 1 saturated carbocycles. The van der Waals surface area contributed by atoms with E-state index >= 15 is 0 Å². The van der Waals surface area contributed by atoms with Gasteiger partial charge in [0.1, 0.15) is 0 Å². The minimum Gasteiger partial charge on any atom is -0.481 e. The SMILES string of the molecule is O=C(NCCc1cccs1)N[C@H]1CC[C@@H](C(=O)O)C1. The van der Waals surface area contributed by atoms with Gasteiger partial charge >= 0.3 is 12.0 Å². The third kappa shape index (κ3) is 4.24. The number of rotatable bonds is 5. The van der Waals surface area contributed by atoms with Crippen LogP contribution in [0.4, 0.5) is 4.79 Å². The first-order valence-electron chi connectivity index (χ1n) is 6.44. The molecule has 1 aliphatic carbocycles. The Hall–Kier alpha value is -1.56. The maximum atomic E-state index is 11.6. The van der Waals surface area contributed by atoms with E-state index in [0.29, 0.717) is 19.4 Å². The molecule has 0 bridgehead atoms. The molecule has 0 aromatic carbocycles. The zero-order valence-corrected chi connectivity index (χ0v) is 11.4. The first kappa shape index (κ1) is 13.9. The highest BCUT2D eigenvalue weighted by Gasteiger charge is 2.30. The molecule has 5 nitrogen and oxygen atoms in total. The normalized spacial score (nSPS) is 22.1. The lowest BCUT2D eigenvalue weighted by Crippen LogP contribution is -2.41. The van der Waals surface area contributed by atoms with Crippen LogP contribution in [0.25, 0.3) is 0 Å². The third-order valence-corrected chi connectivity index (χ3v) is 4.29. The van der Waals surface area contributed by atoms with Gasteiger partial charge in [0, 0.05) is 17.5 Å². The largest absolute Gasteiger partial charge is 0.481 e. The second kappa shape index (κ2) is 6.56. The van der Waals surface area contributed by atoms with Crippen LogP contribution in [0.1, 0.15) is 24.1 Å². The summed E-state index contributed by atoms with van der Waals surface area (Å²) in [5.41, 5.74) is 0. The number of carbonyl (C=O) groups excluding carboxylic acids is 1. The minimum absolute atomic E-state index is 0.0113. The fourth-order valence-electron chi connectivity index (χ4n) is 2.33. The molecule has 1 aliphatic rings. The summed E-state index contributed by atoms with van der Waals surface area (Å²) in [7, 11) is 0. The number of amides is 2. The van der Waals surface area contributed by atoms with Crippen LogP contribution in [-0.2, 0) is 11.2 Å². The van der Waals surface area contributed by atoms with Gasteiger partial charge in [0.2, 0.25) is 0 Å². The maximum absolute atomic E-state index is 11.6. The molecule has 1 heterocycles. The van der Waals surface area contributed by atoms with E-state index in [1.807, 2.05) is 17.5 Å². The van der Waals surface area contributed by atoms with Crippen LogP contribution in [0.5, 0.6) is 0 Å². The molecule has 1 fully saturated rings. The number of thiophene rings is 1. The van der Waals surface area contributed by atoms with E-state index in [2.05, 4.69) is 10.6 Å². The highest BCUT2D eigenvalue weighted by molar-refractivity contribution is 7.09. The number of carbonyl (C=O) groups is 2. The van der Waals surface area contributed by atoms with Crippen molar-refractivity contribution < 1.29 is 14.7 Å². The second-order valence-corrected chi connectivity index (χ2v) is 5.81. The summed E-state index contributed by atoms with van der Waals surface area (Å²) in [5.74, 6) is -1.07. The van der Waals surface area contributed by atoms with E-state index in [9.17, 15) is 9.59 Å². The van der Waals surface area contributed by atoms with Crippen molar-refractivity contribution in [3.63, 3.8) is 0 Å². The number of hydrogen-bond acceptors (Lipinski definition) is 3. The zero-order valence-electron chi connectivity index (χ0n) is 10.6. The molecule has 0 aliphatic heterocycles. The van der Waals surface area contributed by atoms with Crippen LogP contribution < -0.4 is 10.6 Å². The number of nitrogens with one attached hydrogen (secondary N) is 2. The first-order chi connectivity index (χ1) is 9.15. The fourth-order valence-corrected chi connectivity index (χ4v) is 3.04. The van der Waals surface area contributed by atoms with Crippen LogP contribution in [0, 0.1) is 5.92 Å². The van der Waals surface area contributed by atoms with Gasteiger partial charge in [-0.15, -0.1) is 11.3 Å². The van der Waals surface area contributed by atoms with E-state index in [4.69, 9.17) is 5.11 Å². The predicted octanol–water partition coefficient (Wildman–Crippen LogP) is 1.84. The average Bonchev–Trinajstić information content (AvgIpc) is 3.00. The average molecular weight is 282 g/mol. The van der Waals surface area contributed by atoms with Gasteiger partial charge in [-0.1, -0.05) is 6.07 Å². The summed E-state index contributed by atoms with van der Waals surface area (Å²) in [6.07, 6.45) is 2.76. The highest BCUT2D eigenvalue weighted by Crippen LogP contribution is 2.25. The molecule has 3 N–H and O–H groups in total. The molecule has 2 amide bonds. The van der Waals surface area contributed by atoms with E-state index < -0.39 is 5.97 Å². The van der Waals surface area contributed by atoms with Crippen molar-refractivity contribution in [2.45, 2.75) is 31.7 Å². The van der Waals surface area contributed by atoms with Crippen LogP contribution >= 0.6 is 11.3 Å². The summed E-state index contributed by atoms with van der Waals surface area (Å²) >= 11 is 1.67. The highest BCUT2D eigenvalue weighted by atomic mass is 32.1. The molecule has 104 valence electrons. The Morgan fingerprint density at radius 3 is 2.89 bits per heavy atom. The Labute approximate surface area is 116 Å². The quantitative estimate of drug-likeness (QED) is 0.771. The molecule has 0 saturated heterocycles. The molecule has 2 rings (SSSR count). The molecule has 1 aromatic rings. The number of aliphatic carboxylic acids is 1. The maximum Gasteiger partial charge on any atom is 0.315 e. The van der Waals surface area contributed by atoms with Crippen molar-refractivity contribution in [3.05, 3.63) is 22.4 Å². The molecule has 1 aromatic heterocycles. The monoisotopic (exact) mass is 282 g/mol. The Balaban J connectivity index is 1.63. The van der Waals surface area contributed by atoms with Crippen molar-refractivity contribution in [3.8, 4) is 0 Å². The van der Waals surface area contributed by atoms with Gasteiger partial charge in [0.05, 0.1) is 5.92 Å². The lowest BCUT2D eigenvalue weighted by atomic mass is 10.1. The summed E-state index contributed by atoms with van der Waals surface area (Å²) in [6.45, 7) is 0.599. The van der Waals surface area contributed by atoms with E-state index in [0.717, 1.165) is 12.8 Å². The van der Waals surface area contributed by atoms with Gasteiger partial charge in [0.25, 0.3) is 0 Å². The summed E-state index contributed by atoms with van der Waals surface area (Å²) in [6, 6.07) is 3.82. The summed E-state index contributed by atoms with van der Waals surface area (Å²) in [5, 5.41) is 16.5. The first-order valence-corrected chi connectivity index (χ1v) is 7.32. The number of carboxylic acid groups (broad SMARTS) is 1. The zero-order chi connectivity index (χ0) is 13.7. The van der Waals surface area contributed by atoms with Gasteiger partial charge in [-0.25, -0.2) is 4.79 Å². The summed E-state index contributed by atoms with van der Waals surface area (Å²) in [4.78, 5) is 23.7. The Morgan fingerprint density at radius 2 is 2.26 bits per heavy atom. The predicted molar refractivity (Wildman–Crippen MR) is 73.3 cm³/mol. The van der Waals surface area contributed by atoms with E-state index in [-0.39, 0.29) is 18.0 Å². The number of hydrogen-bond donors (Lipinski definition) is 3. The molecule has 0 unspecified atom stereocenters. The van der Waals surface area contributed by atoms with Gasteiger partial charge in [0.15, 0.2) is 0 Å². The van der Waals surface area contributed by atoms with E-state index in [1.54, 1.807) is 11.3 Å². The molecule has 19 heavy (non-hydrogen) atoms. The lowest BCUT2D eigenvalue weighted by molar-refractivity contribution is -0.141. The Bertz CT molecular complexity index is 433. The Kier molecular flexibility index (Phi) is 4.79. The van der Waals surface area contributed by atoms with Gasteiger partial charge in [-0.3, -0.25) is 4.79 Å². The number of urea groups is 1. The van der Waals surface area contributed by atoms with Crippen molar-refractivity contribution in [1.82, 2.24) is 10.6 Å². The van der Waals surface area contributed by atoms with Crippen molar-refractivity contribution >= 4 is 23.3 Å². The molecule has 6 heteroatoms. The van der Waals surface area contributed by atoms with Gasteiger partial charge < -0.3 is 15.7 Å². The Morgan fingerprint density at radius 1 is 1.42 bits per heavy atom. The standard InChI is InChI=1S/C13H18N2O3S/c16-12(17)9-3-4-10(8-9)15-13(18)14-6-5-11-2-1-7-19-11/h1-2,7,9-10H,3-6,8H2,(H,16,17)(H2,14,15,18)/t9-,10+/m1/s1. The summed E-state index contributed by atoms with van der Waals surface area (Å²) < 4.78 is 0. The molecule has 2 atom stereocenters. The van der Waals surface area contributed by atoms with Crippen LogP contribution in [0.15, 0.2) is 17.5 Å². The van der Waals surface area contributed by atoms with Crippen LogP contribution in [0.2, 0.25) is 0 Å². The third-order valence-electron chi connectivity index (χ3n) is 3.35. The second-order valence-electron chi connectivity index (χ2n) is 4.77. The molecular weight excluding hydrogens is 264 g/mol. The van der Waals surface area contributed by atoms with Crippen LogP contribution in [0.3, 0.4) is 0 Å². The van der Waals surface area contributed by atoms with Gasteiger partial charge in [-0.2, -0.15) is 0 Å². The van der Waals surface area contributed by atoms with Crippen LogP contribution in [-0.4, -0.2) is 29.7 Å². The van der Waals surface area contributed by atoms with Crippen molar-refractivity contribution in [2.75, 3.05) is 6.54 Å². The molecule has 0 radical (unpaired) electrons. The molecular formula is C13H18N2O3S. The van der Waals surface area contributed by atoms with Crippen molar-refractivity contribution in [2.24, 2.45) is 5.92 Å². The fraction of sp³-hybridized carbons (Fsp3) is 0.538. The topological polar surface area (TPSA) is 78.4 Å². The molecule has 0 spiro atoms. The smallest absolute Gasteiger partial charge is 0.315 e. The number of carboxylic acids is 1. The lowest BCUT2D eigenvalue weighted by Gasteiger charge is -2.13. The van der Waals surface area contributed by atoms with Crippen molar-refractivity contribution in [1.29, 1.82) is 0 Å².